The van der Waals surface area contributed by atoms with E-state index in [1.165, 1.54) is 20.0 Å². The van der Waals surface area contributed by atoms with Crippen LogP contribution < -0.4 is 0 Å². The lowest BCUT2D eigenvalue weighted by molar-refractivity contribution is -0.155. The van der Waals surface area contributed by atoms with E-state index in [2.05, 4.69) is 15.3 Å². The largest absolute Gasteiger partial charge is 0.468 e. The van der Waals surface area contributed by atoms with E-state index in [9.17, 15) is 4.79 Å². The van der Waals surface area contributed by atoms with Crippen molar-refractivity contribution in [2.45, 2.75) is 52.1 Å². The van der Waals surface area contributed by atoms with Gasteiger partial charge >= 0.3 is 5.97 Å². The number of rotatable bonds is 7. The fourth-order valence-electron chi connectivity index (χ4n) is 2.41. The molecule has 1 aliphatic rings. The molecule has 1 fully saturated rings. The van der Waals surface area contributed by atoms with E-state index in [0.717, 1.165) is 36.1 Å². The molecule has 0 bridgehead atoms. The van der Waals surface area contributed by atoms with Crippen molar-refractivity contribution in [3.05, 3.63) is 16.1 Å². The second-order valence-corrected chi connectivity index (χ2v) is 6.77. The van der Waals surface area contributed by atoms with Crippen molar-refractivity contribution >= 4 is 17.3 Å². The Kier molecular flexibility index (Phi) is 4.81. The van der Waals surface area contributed by atoms with Crippen molar-refractivity contribution in [1.82, 2.24) is 9.88 Å². The molecule has 5 heteroatoms. The number of aromatic nitrogens is 1. The van der Waals surface area contributed by atoms with Gasteiger partial charge in [-0.1, -0.05) is 6.92 Å². The number of carbonyl (C=O) groups excluding carboxylic acids is 1. The van der Waals surface area contributed by atoms with Crippen LogP contribution in [0.3, 0.4) is 0 Å². The molecule has 0 aliphatic heterocycles. The number of aryl methyl sites for hydroxylation is 1. The first-order valence-electron chi connectivity index (χ1n) is 7.24. The molecule has 0 unspecified atom stereocenters. The van der Waals surface area contributed by atoms with Crippen LogP contribution in [-0.4, -0.2) is 35.0 Å². The van der Waals surface area contributed by atoms with Crippen LogP contribution in [0.5, 0.6) is 0 Å². The van der Waals surface area contributed by atoms with Crippen LogP contribution >= 0.6 is 11.3 Å². The lowest BCUT2D eigenvalue weighted by atomic mass is 9.95. The Labute approximate surface area is 125 Å². The Morgan fingerprint density at radius 1 is 1.60 bits per heavy atom. The minimum atomic E-state index is -0.559. The Hall–Kier alpha value is -0.940. The van der Waals surface area contributed by atoms with Gasteiger partial charge in [-0.3, -0.25) is 9.69 Å². The third-order valence-corrected chi connectivity index (χ3v) is 5.13. The SMILES string of the molecule is CC[C@@](C)(C(=O)OC)N(Cc1nc(C)cs1)CC1CC1. The summed E-state index contributed by atoms with van der Waals surface area (Å²) in [6.45, 7) is 7.72. The van der Waals surface area contributed by atoms with Crippen LogP contribution in [0.15, 0.2) is 5.38 Å². The molecule has 20 heavy (non-hydrogen) atoms. The lowest BCUT2D eigenvalue weighted by Crippen LogP contribution is -2.53. The summed E-state index contributed by atoms with van der Waals surface area (Å²) in [5, 5.41) is 3.14. The molecule has 1 atom stereocenters. The third-order valence-electron chi connectivity index (χ3n) is 4.18. The summed E-state index contributed by atoms with van der Waals surface area (Å²) in [4.78, 5) is 19.0. The van der Waals surface area contributed by atoms with Crippen molar-refractivity contribution < 1.29 is 9.53 Å². The predicted octanol–water partition coefficient (Wildman–Crippen LogP) is 3.01. The number of ether oxygens (including phenoxy) is 1. The van der Waals surface area contributed by atoms with Crippen LogP contribution in [0, 0.1) is 12.8 Å². The Balaban J connectivity index is 2.18. The van der Waals surface area contributed by atoms with Crippen LogP contribution in [-0.2, 0) is 16.1 Å². The predicted molar refractivity (Wildman–Crippen MR) is 80.7 cm³/mol. The van der Waals surface area contributed by atoms with Crippen molar-refractivity contribution in [2.24, 2.45) is 5.92 Å². The van der Waals surface area contributed by atoms with Crippen LogP contribution in [0.2, 0.25) is 0 Å². The highest BCUT2D eigenvalue weighted by Crippen LogP contribution is 2.34. The number of hydrogen-bond acceptors (Lipinski definition) is 5. The maximum atomic E-state index is 12.2. The summed E-state index contributed by atoms with van der Waals surface area (Å²) in [5.41, 5.74) is 0.490. The number of carbonyl (C=O) groups is 1. The molecule has 2 rings (SSSR count). The van der Waals surface area contributed by atoms with Gasteiger partial charge in [0.05, 0.1) is 13.7 Å². The van der Waals surface area contributed by atoms with Crippen LogP contribution in [0.25, 0.3) is 0 Å². The van der Waals surface area contributed by atoms with Gasteiger partial charge < -0.3 is 4.74 Å². The average Bonchev–Trinajstić information content (AvgIpc) is 3.17. The Bertz CT molecular complexity index is 470. The molecule has 4 nitrogen and oxygen atoms in total. The molecule has 1 aromatic rings. The maximum absolute atomic E-state index is 12.2. The number of methoxy groups -OCH3 is 1. The number of hydrogen-bond donors (Lipinski definition) is 0. The van der Waals surface area contributed by atoms with Crippen LogP contribution in [0.4, 0.5) is 0 Å². The fraction of sp³-hybridized carbons (Fsp3) is 0.733. The normalized spacial score (nSPS) is 18.1. The van der Waals surface area contributed by atoms with Gasteiger partial charge in [-0.15, -0.1) is 11.3 Å². The quantitative estimate of drug-likeness (QED) is 0.725. The second kappa shape index (κ2) is 6.22. The van der Waals surface area contributed by atoms with Crippen molar-refractivity contribution in [2.75, 3.05) is 13.7 Å². The molecule has 1 saturated carbocycles. The summed E-state index contributed by atoms with van der Waals surface area (Å²) in [7, 11) is 1.47. The first kappa shape index (κ1) is 15.4. The highest BCUT2D eigenvalue weighted by Gasteiger charge is 2.41. The summed E-state index contributed by atoms with van der Waals surface area (Å²) in [5.74, 6) is 0.584. The number of esters is 1. The lowest BCUT2D eigenvalue weighted by Gasteiger charge is -2.38. The monoisotopic (exact) mass is 296 g/mol. The van der Waals surface area contributed by atoms with E-state index < -0.39 is 5.54 Å². The van der Waals surface area contributed by atoms with Gasteiger partial charge in [0.2, 0.25) is 0 Å². The average molecular weight is 296 g/mol. The zero-order valence-electron chi connectivity index (χ0n) is 12.8. The molecule has 0 saturated heterocycles. The molecule has 1 aromatic heterocycles. The molecule has 0 N–H and O–H groups in total. The standard InChI is InChI=1S/C15H24N2O2S/c1-5-15(3,14(18)19-4)17(8-12-6-7-12)9-13-16-11(2)10-20-13/h10,12H,5-9H2,1-4H3/t15-/m0/s1. The minimum Gasteiger partial charge on any atom is -0.468 e. The van der Waals surface area contributed by atoms with E-state index in [4.69, 9.17) is 4.74 Å². The van der Waals surface area contributed by atoms with Gasteiger partial charge in [0.15, 0.2) is 0 Å². The number of thiazole rings is 1. The topological polar surface area (TPSA) is 42.4 Å². The summed E-state index contributed by atoms with van der Waals surface area (Å²) in [6, 6.07) is 0. The Morgan fingerprint density at radius 2 is 2.30 bits per heavy atom. The van der Waals surface area contributed by atoms with Crippen molar-refractivity contribution in [1.29, 1.82) is 0 Å². The van der Waals surface area contributed by atoms with Gasteiger partial charge in [-0.05, 0) is 39.0 Å². The van der Waals surface area contributed by atoms with Gasteiger partial charge in [-0.2, -0.15) is 0 Å². The van der Waals surface area contributed by atoms with Gasteiger partial charge in [0.1, 0.15) is 10.5 Å². The molecule has 1 heterocycles. The fourth-order valence-corrected chi connectivity index (χ4v) is 3.19. The molecule has 0 spiro atoms. The van der Waals surface area contributed by atoms with E-state index in [1.807, 2.05) is 20.8 Å². The molecule has 1 aliphatic carbocycles. The van der Waals surface area contributed by atoms with E-state index in [1.54, 1.807) is 11.3 Å². The van der Waals surface area contributed by atoms with Crippen molar-refractivity contribution in [3.8, 4) is 0 Å². The van der Waals surface area contributed by atoms with Gasteiger partial charge in [0.25, 0.3) is 0 Å². The van der Waals surface area contributed by atoms with Crippen molar-refractivity contribution in [3.63, 3.8) is 0 Å². The maximum Gasteiger partial charge on any atom is 0.325 e. The van der Waals surface area contributed by atoms with E-state index in [-0.39, 0.29) is 5.97 Å². The first-order valence-corrected chi connectivity index (χ1v) is 8.12. The highest BCUT2D eigenvalue weighted by atomic mass is 32.1. The number of nitrogens with zero attached hydrogens (tertiary/aromatic N) is 2. The van der Waals surface area contributed by atoms with E-state index in [0.29, 0.717) is 0 Å². The summed E-state index contributed by atoms with van der Waals surface area (Å²) >= 11 is 1.67. The smallest absolute Gasteiger partial charge is 0.325 e. The molecule has 0 aromatic carbocycles. The highest BCUT2D eigenvalue weighted by molar-refractivity contribution is 7.09. The molecule has 112 valence electrons. The molecular weight excluding hydrogens is 272 g/mol. The summed E-state index contributed by atoms with van der Waals surface area (Å²) in [6.07, 6.45) is 3.29. The van der Waals surface area contributed by atoms with E-state index >= 15 is 0 Å². The van der Waals surface area contributed by atoms with Gasteiger partial charge in [-0.25, -0.2) is 4.98 Å². The van der Waals surface area contributed by atoms with Gasteiger partial charge in [0, 0.05) is 17.6 Å². The Morgan fingerprint density at radius 3 is 2.75 bits per heavy atom. The summed E-state index contributed by atoms with van der Waals surface area (Å²) < 4.78 is 5.03. The zero-order chi connectivity index (χ0) is 14.8. The third kappa shape index (κ3) is 3.38. The molecular formula is C15H24N2O2S. The van der Waals surface area contributed by atoms with Crippen LogP contribution in [0.1, 0.15) is 43.8 Å². The molecule has 0 radical (unpaired) electrons. The first-order chi connectivity index (χ1) is 9.49. The minimum absolute atomic E-state index is 0.145. The second-order valence-electron chi connectivity index (χ2n) is 5.83. The zero-order valence-corrected chi connectivity index (χ0v) is 13.6. The molecule has 0 amide bonds.